The molecule has 0 spiro atoms. The van der Waals surface area contributed by atoms with Crippen LogP contribution in [0.15, 0.2) is 41.6 Å². The number of benzene rings is 1. The topological polar surface area (TPSA) is 124 Å². The summed E-state index contributed by atoms with van der Waals surface area (Å²) in [7, 11) is 0. The Kier molecular flexibility index (Phi) is 6.21. The van der Waals surface area contributed by atoms with Gasteiger partial charge in [-0.3, -0.25) is 19.4 Å². The maximum Gasteiger partial charge on any atom is 0.274 e. The van der Waals surface area contributed by atoms with Gasteiger partial charge in [0.05, 0.1) is 23.1 Å². The standard InChI is InChI=1S/C24H24FN7O3/c25-18-4-3-15(13-19-21-16(2-1-5-28-21)22(33)30-29-19)12-17(18)23(34)31-8-10-32(11-9-31)24(35)20-14-26-6-7-27-20/h3-4,6-7,12,14,28H,1-2,5,8-11,13H2,(H,30,33). The molecule has 180 valence electrons. The van der Waals surface area contributed by atoms with Crippen LogP contribution >= 0.6 is 0 Å². The molecule has 5 rings (SSSR count). The number of hydrogen-bond donors (Lipinski definition) is 2. The van der Waals surface area contributed by atoms with Crippen LogP contribution in [0.3, 0.4) is 0 Å². The van der Waals surface area contributed by atoms with Gasteiger partial charge < -0.3 is 15.1 Å². The molecule has 2 N–H and O–H groups in total. The van der Waals surface area contributed by atoms with Gasteiger partial charge in [0.1, 0.15) is 11.5 Å². The minimum atomic E-state index is -0.605. The predicted molar refractivity (Wildman–Crippen MR) is 125 cm³/mol. The summed E-state index contributed by atoms with van der Waals surface area (Å²) in [5.74, 6) is -1.28. The van der Waals surface area contributed by atoms with Crippen LogP contribution in [0.2, 0.25) is 0 Å². The van der Waals surface area contributed by atoms with E-state index in [4.69, 9.17) is 0 Å². The van der Waals surface area contributed by atoms with Crippen LogP contribution in [0.1, 0.15) is 44.1 Å². The lowest BCUT2D eigenvalue weighted by atomic mass is 9.99. The van der Waals surface area contributed by atoms with E-state index in [0.717, 1.165) is 18.7 Å². The second-order valence-electron chi connectivity index (χ2n) is 8.55. The lowest BCUT2D eigenvalue weighted by molar-refractivity contribution is 0.0529. The Balaban J connectivity index is 1.29. The van der Waals surface area contributed by atoms with Crippen molar-refractivity contribution >= 4 is 17.5 Å². The highest BCUT2D eigenvalue weighted by molar-refractivity contribution is 5.95. The Bertz CT molecular complexity index is 1320. The molecule has 10 nitrogen and oxygen atoms in total. The molecular formula is C24H24FN7O3. The van der Waals surface area contributed by atoms with Gasteiger partial charge >= 0.3 is 0 Å². The molecule has 2 aliphatic rings. The summed E-state index contributed by atoms with van der Waals surface area (Å²) in [5.41, 5.74) is 2.78. The molecule has 3 aromatic rings. The molecular weight excluding hydrogens is 453 g/mol. The summed E-state index contributed by atoms with van der Waals surface area (Å²) >= 11 is 0. The van der Waals surface area contributed by atoms with Crippen LogP contribution in [0, 0.1) is 5.82 Å². The number of carbonyl (C=O) groups is 2. The summed E-state index contributed by atoms with van der Waals surface area (Å²) in [5, 5.41) is 9.97. The average Bonchev–Trinajstić information content (AvgIpc) is 2.91. The van der Waals surface area contributed by atoms with E-state index < -0.39 is 11.7 Å². The Morgan fingerprint density at radius 2 is 1.83 bits per heavy atom. The molecule has 0 bridgehead atoms. The molecule has 0 atom stereocenters. The average molecular weight is 478 g/mol. The Hall–Kier alpha value is -4.15. The third kappa shape index (κ3) is 4.61. The molecule has 2 aliphatic heterocycles. The van der Waals surface area contributed by atoms with Crippen molar-refractivity contribution in [2.24, 2.45) is 0 Å². The molecule has 35 heavy (non-hydrogen) atoms. The van der Waals surface area contributed by atoms with Gasteiger partial charge in [0.15, 0.2) is 0 Å². The van der Waals surface area contributed by atoms with Crippen molar-refractivity contribution < 1.29 is 14.0 Å². The van der Waals surface area contributed by atoms with Gasteiger partial charge in [-0.15, -0.1) is 0 Å². The zero-order valence-electron chi connectivity index (χ0n) is 19.0. The fourth-order valence-corrected chi connectivity index (χ4v) is 4.48. The second-order valence-corrected chi connectivity index (χ2v) is 8.55. The summed E-state index contributed by atoms with van der Waals surface area (Å²) in [6.07, 6.45) is 6.24. The van der Waals surface area contributed by atoms with E-state index in [1.54, 1.807) is 15.9 Å². The van der Waals surface area contributed by atoms with E-state index >= 15 is 0 Å². The number of nitrogens with one attached hydrogen (secondary N) is 2. The van der Waals surface area contributed by atoms with E-state index in [1.807, 2.05) is 0 Å². The number of aromatic amines is 1. The molecule has 0 aliphatic carbocycles. The highest BCUT2D eigenvalue weighted by Gasteiger charge is 2.28. The molecule has 1 saturated heterocycles. The zero-order valence-corrected chi connectivity index (χ0v) is 19.0. The summed E-state index contributed by atoms with van der Waals surface area (Å²) in [6, 6.07) is 4.43. The largest absolute Gasteiger partial charge is 0.383 e. The molecule has 0 unspecified atom stereocenters. The van der Waals surface area contributed by atoms with Gasteiger partial charge in [0.2, 0.25) is 0 Å². The zero-order chi connectivity index (χ0) is 24.4. The van der Waals surface area contributed by atoms with Crippen LogP contribution in [0.25, 0.3) is 0 Å². The van der Waals surface area contributed by atoms with Gasteiger partial charge in [-0.1, -0.05) is 6.07 Å². The smallest absolute Gasteiger partial charge is 0.274 e. The Labute approximate surface area is 200 Å². The molecule has 2 amide bonds. The van der Waals surface area contributed by atoms with Crippen LogP contribution in [0.4, 0.5) is 10.1 Å². The number of rotatable bonds is 4. The highest BCUT2D eigenvalue weighted by Crippen LogP contribution is 2.24. The van der Waals surface area contributed by atoms with E-state index in [1.165, 1.54) is 30.7 Å². The van der Waals surface area contributed by atoms with Crippen molar-refractivity contribution in [3.63, 3.8) is 0 Å². The minimum Gasteiger partial charge on any atom is -0.383 e. The fraction of sp³-hybridized carbons (Fsp3) is 0.333. The number of nitrogens with zero attached hydrogens (tertiary/aromatic N) is 5. The molecule has 0 saturated carbocycles. The van der Waals surface area contributed by atoms with Crippen LogP contribution < -0.4 is 10.9 Å². The molecule has 4 heterocycles. The fourth-order valence-electron chi connectivity index (χ4n) is 4.48. The normalized spacial score (nSPS) is 15.3. The number of hydrogen-bond acceptors (Lipinski definition) is 7. The quantitative estimate of drug-likeness (QED) is 0.580. The van der Waals surface area contributed by atoms with Gasteiger partial charge in [-0.2, -0.15) is 5.10 Å². The maximum absolute atomic E-state index is 14.7. The lowest BCUT2D eigenvalue weighted by Crippen LogP contribution is -2.50. The SMILES string of the molecule is O=C(c1cnccn1)N1CCN(C(=O)c2cc(Cc3n[nH]c(=O)c4c3NCCC4)ccc2F)CC1. The number of H-pyrrole nitrogens is 1. The monoisotopic (exact) mass is 477 g/mol. The first kappa shape index (κ1) is 22.6. The molecule has 11 heteroatoms. The summed E-state index contributed by atoms with van der Waals surface area (Å²) in [4.78, 5) is 48.9. The van der Waals surface area contributed by atoms with E-state index in [-0.39, 0.29) is 35.8 Å². The molecule has 0 radical (unpaired) electrons. The summed E-state index contributed by atoms with van der Waals surface area (Å²) < 4.78 is 14.7. The number of carbonyl (C=O) groups excluding carboxylic acids is 2. The lowest BCUT2D eigenvalue weighted by Gasteiger charge is -2.34. The van der Waals surface area contributed by atoms with E-state index in [2.05, 4.69) is 25.5 Å². The Morgan fingerprint density at radius 3 is 2.57 bits per heavy atom. The highest BCUT2D eigenvalue weighted by atomic mass is 19.1. The first-order valence-electron chi connectivity index (χ1n) is 11.5. The van der Waals surface area contributed by atoms with Gasteiger partial charge in [0.25, 0.3) is 17.4 Å². The minimum absolute atomic E-state index is 0.0255. The predicted octanol–water partition coefficient (Wildman–Crippen LogP) is 1.25. The third-order valence-corrected chi connectivity index (χ3v) is 6.33. The molecule has 1 fully saturated rings. The van der Waals surface area contributed by atoms with Crippen molar-refractivity contribution in [3.8, 4) is 0 Å². The number of fused-ring (bicyclic) bond motifs is 1. The number of piperazine rings is 1. The van der Waals surface area contributed by atoms with E-state index in [9.17, 15) is 18.8 Å². The Morgan fingerprint density at radius 1 is 1.06 bits per heavy atom. The van der Waals surface area contributed by atoms with Crippen LogP contribution in [-0.4, -0.2) is 74.5 Å². The van der Waals surface area contributed by atoms with Crippen LogP contribution in [-0.2, 0) is 12.8 Å². The third-order valence-electron chi connectivity index (χ3n) is 6.33. The van der Waals surface area contributed by atoms with Crippen molar-refractivity contribution in [2.45, 2.75) is 19.3 Å². The van der Waals surface area contributed by atoms with Gasteiger partial charge in [-0.25, -0.2) is 14.5 Å². The first-order valence-corrected chi connectivity index (χ1v) is 11.5. The van der Waals surface area contributed by atoms with Crippen molar-refractivity contribution in [1.82, 2.24) is 30.0 Å². The van der Waals surface area contributed by atoms with Gasteiger partial charge in [0, 0.05) is 57.1 Å². The molecule has 2 aromatic heterocycles. The van der Waals surface area contributed by atoms with Crippen molar-refractivity contribution in [3.05, 3.63) is 81.0 Å². The van der Waals surface area contributed by atoms with E-state index in [0.29, 0.717) is 42.8 Å². The number of amides is 2. The van der Waals surface area contributed by atoms with Crippen LogP contribution in [0.5, 0.6) is 0 Å². The maximum atomic E-state index is 14.7. The first-order chi connectivity index (χ1) is 17.0. The van der Waals surface area contributed by atoms with Gasteiger partial charge in [-0.05, 0) is 30.5 Å². The number of aromatic nitrogens is 4. The molecule has 1 aromatic carbocycles. The second kappa shape index (κ2) is 9.61. The number of halogens is 1. The summed E-state index contributed by atoms with van der Waals surface area (Å²) in [6.45, 7) is 1.97. The van der Waals surface area contributed by atoms with Crippen molar-refractivity contribution in [2.75, 3.05) is 38.0 Å². The van der Waals surface area contributed by atoms with Crippen molar-refractivity contribution in [1.29, 1.82) is 0 Å². The number of anilines is 1.